The quantitative estimate of drug-likeness (QED) is 0.722. The summed E-state index contributed by atoms with van der Waals surface area (Å²) in [4.78, 5) is 13.0. The Labute approximate surface area is 106 Å². The van der Waals surface area contributed by atoms with E-state index in [1.807, 2.05) is 14.1 Å². The first-order chi connectivity index (χ1) is 8.09. The maximum absolute atomic E-state index is 11.3. The lowest BCUT2D eigenvalue weighted by Gasteiger charge is -2.26. The highest BCUT2D eigenvalue weighted by molar-refractivity contribution is 5.75. The van der Waals surface area contributed by atoms with Crippen molar-refractivity contribution in [1.29, 1.82) is 0 Å². The lowest BCUT2D eigenvalue weighted by molar-refractivity contribution is -0.128. The van der Waals surface area contributed by atoms with E-state index in [2.05, 4.69) is 12.2 Å². The van der Waals surface area contributed by atoms with Gasteiger partial charge in [0.1, 0.15) is 0 Å². The number of rotatable bonds is 6. The molecule has 100 valence electrons. The molecule has 0 aliphatic heterocycles. The Bertz CT molecular complexity index is 220. The SMILES string of the molecule is CC1CCC(CCNCCC(=O)N(C)C)CC1. The van der Waals surface area contributed by atoms with Gasteiger partial charge < -0.3 is 10.2 Å². The van der Waals surface area contributed by atoms with Crippen molar-refractivity contribution in [3.05, 3.63) is 0 Å². The summed E-state index contributed by atoms with van der Waals surface area (Å²) in [5.74, 6) is 2.07. The summed E-state index contributed by atoms with van der Waals surface area (Å²) in [7, 11) is 3.62. The van der Waals surface area contributed by atoms with Gasteiger partial charge in [-0.3, -0.25) is 4.79 Å². The molecular weight excluding hydrogens is 212 g/mol. The van der Waals surface area contributed by atoms with Crippen LogP contribution < -0.4 is 5.32 Å². The summed E-state index contributed by atoms with van der Waals surface area (Å²) in [6, 6.07) is 0. The van der Waals surface area contributed by atoms with E-state index in [0.29, 0.717) is 6.42 Å². The Hall–Kier alpha value is -0.570. The van der Waals surface area contributed by atoms with E-state index < -0.39 is 0 Å². The van der Waals surface area contributed by atoms with Crippen molar-refractivity contribution in [3.8, 4) is 0 Å². The Morgan fingerprint density at radius 1 is 1.18 bits per heavy atom. The molecule has 3 nitrogen and oxygen atoms in total. The standard InChI is InChI=1S/C14H28N2O/c1-12-4-6-13(7-5-12)8-10-15-11-9-14(17)16(2)3/h12-13,15H,4-11H2,1-3H3. The van der Waals surface area contributed by atoms with E-state index in [-0.39, 0.29) is 5.91 Å². The number of hydrogen-bond donors (Lipinski definition) is 1. The molecule has 0 atom stereocenters. The van der Waals surface area contributed by atoms with Crippen LogP contribution in [0.4, 0.5) is 0 Å². The van der Waals surface area contributed by atoms with Crippen LogP contribution in [-0.4, -0.2) is 38.0 Å². The molecule has 1 aliphatic rings. The molecule has 17 heavy (non-hydrogen) atoms. The molecule has 3 heteroatoms. The summed E-state index contributed by atoms with van der Waals surface area (Å²) < 4.78 is 0. The molecule has 0 aromatic rings. The van der Waals surface area contributed by atoms with E-state index in [1.165, 1.54) is 32.1 Å². The van der Waals surface area contributed by atoms with Gasteiger partial charge in [0.25, 0.3) is 0 Å². The molecule has 0 aromatic heterocycles. The van der Waals surface area contributed by atoms with Crippen molar-refractivity contribution < 1.29 is 4.79 Å². The molecule has 0 unspecified atom stereocenters. The smallest absolute Gasteiger partial charge is 0.223 e. The minimum Gasteiger partial charge on any atom is -0.349 e. The molecule has 1 aliphatic carbocycles. The lowest BCUT2D eigenvalue weighted by atomic mass is 9.81. The maximum Gasteiger partial charge on any atom is 0.223 e. The first kappa shape index (κ1) is 14.5. The predicted octanol–water partition coefficient (Wildman–Crippen LogP) is 2.27. The Kier molecular flexibility index (Phi) is 6.56. The van der Waals surface area contributed by atoms with Crippen LogP contribution in [0, 0.1) is 11.8 Å². The summed E-state index contributed by atoms with van der Waals surface area (Å²) >= 11 is 0. The van der Waals surface area contributed by atoms with Crippen LogP contribution in [0.2, 0.25) is 0 Å². The monoisotopic (exact) mass is 240 g/mol. The zero-order valence-electron chi connectivity index (χ0n) is 11.7. The molecule has 1 N–H and O–H groups in total. The Morgan fingerprint density at radius 2 is 1.82 bits per heavy atom. The molecule has 0 radical (unpaired) electrons. The van der Waals surface area contributed by atoms with Gasteiger partial charge in [-0.15, -0.1) is 0 Å². The topological polar surface area (TPSA) is 32.3 Å². The van der Waals surface area contributed by atoms with Crippen LogP contribution in [0.1, 0.15) is 45.4 Å². The van der Waals surface area contributed by atoms with E-state index in [4.69, 9.17) is 0 Å². The number of carbonyl (C=O) groups is 1. The summed E-state index contributed by atoms with van der Waals surface area (Å²) in [6.07, 6.45) is 7.52. The fourth-order valence-electron chi connectivity index (χ4n) is 2.47. The molecule has 0 bridgehead atoms. The number of carbonyl (C=O) groups excluding carboxylic acids is 1. The van der Waals surface area contributed by atoms with Crippen LogP contribution in [0.25, 0.3) is 0 Å². The largest absolute Gasteiger partial charge is 0.349 e. The third-order valence-electron chi connectivity index (χ3n) is 3.88. The fourth-order valence-corrected chi connectivity index (χ4v) is 2.47. The first-order valence-electron chi connectivity index (χ1n) is 7.00. The van der Waals surface area contributed by atoms with Crippen molar-refractivity contribution in [1.82, 2.24) is 10.2 Å². The highest BCUT2D eigenvalue weighted by Gasteiger charge is 2.17. The molecule has 0 aromatic carbocycles. The normalized spacial score (nSPS) is 24.6. The van der Waals surface area contributed by atoms with Gasteiger partial charge in [-0.05, 0) is 24.8 Å². The lowest BCUT2D eigenvalue weighted by Crippen LogP contribution is -2.28. The Morgan fingerprint density at radius 3 is 2.41 bits per heavy atom. The van der Waals surface area contributed by atoms with Gasteiger partial charge in [0, 0.05) is 27.1 Å². The van der Waals surface area contributed by atoms with Crippen LogP contribution in [0.15, 0.2) is 0 Å². The molecule has 0 spiro atoms. The highest BCUT2D eigenvalue weighted by atomic mass is 16.2. The van der Waals surface area contributed by atoms with Gasteiger partial charge in [0.05, 0.1) is 0 Å². The highest BCUT2D eigenvalue weighted by Crippen LogP contribution is 2.29. The summed E-state index contributed by atoms with van der Waals surface area (Å²) in [6.45, 7) is 4.25. The number of hydrogen-bond acceptors (Lipinski definition) is 2. The molecule has 0 heterocycles. The van der Waals surface area contributed by atoms with Gasteiger partial charge >= 0.3 is 0 Å². The van der Waals surface area contributed by atoms with Crippen LogP contribution in [0.5, 0.6) is 0 Å². The minimum atomic E-state index is 0.212. The minimum absolute atomic E-state index is 0.212. The predicted molar refractivity (Wildman–Crippen MR) is 71.9 cm³/mol. The van der Waals surface area contributed by atoms with Gasteiger partial charge in [-0.1, -0.05) is 32.6 Å². The molecule has 1 saturated carbocycles. The van der Waals surface area contributed by atoms with E-state index >= 15 is 0 Å². The van der Waals surface area contributed by atoms with Gasteiger partial charge in [-0.2, -0.15) is 0 Å². The second kappa shape index (κ2) is 7.70. The maximum atomic E-state index is 11.3. The van der Waals surface area contributed by atoms with E-state index in [0.717, 1.165) is 24.9 Å². The molecule has 1 fully saturated rings. The number of nitrogens with zero attached hydrogens (tertiary/aromatic N) is 1. The average Bonchev–Trinajstić information content (AvgIpc) is 2.30. The van der Waals surface area contributed by atoms with Crippen molar-refractivity contribution in [3.63, 3.8) is 0 Å². The summed E-state index contributed by atoms with van der Waals surface area (Å²) in [5.41, 5.74) is 0. The van der Waals surface area contributed by atoms with Gasteiger partial charge in [0.15, 0.2) is 0 Å². The molecular formula is C14H28N2O. The second-order valence-corrected chi connectivity index (χ2v) is 5.70. The second-order valence-electron chi connectivity index (χ2n) is 5.70. The van der Waals surface area contributed by atoms with Crippen molar-refractivity contribution in [2.24, 2.45) is 11.8 Å². The zero-order chi connectivity index (χ0) is 12.7. The average molecular weight is 240 g/mol. The van der Waals surface area contributed by atoms with Crippen molar-refractivity contribution in [2.75, 3.05) is 27.2 Å². The third-order valence-corrected chi connectivity index (χ3v) is 3.88. The zero-order valence-corrected chi connectivity index (χ0v) is 11.7. The molecule has 1 amide bonds. The van der Waals surface area contributed by atoms with Crippen LogP contribution in [0.3, 0.4) is 0 Å². The molecule has 0 saturated heterocycles. The van der Waals surface area contributed by atoms with Crippen LogP contribution in [-0.2, 0) is 4.79 Å². The Balaban J connectivity index is 1.96. The first-order valence-corrected chi connectivity index (χ1v) is 7.00. The van der Waals surface area contributed by atoms with E-state index in [1.54, 1.807) is 4.90 Å². The van der Waals surface area contributed by atoms with Crippen molar-refractivity contribution >= 4 is 5.91 Å². The number of amides is 1. The van der Waals surface area contributed by atoms with Gasteiger partial charge in [0.2, 0.25) is 5.91 Å². The fraction of sp³-hybridized carbons (Fsp3) is 0.929. The van der Waals surface area contributed by atoms with E-state index in [9.17, 15) is 4.79 Å². The third kappa shape index (κ3) is 6.06. The molecule has 1 rings (SSSR count). The van der Waals surface area contributed by atoms with Crippen molar-refractivity contribution in [2.45, 2.75) is 45.4 Å². The van der Waals surface area contributed by atoms with Gasteiger partial charge in [-0.25, -0.2) is 0 Å². The number of nitrogens with one attached hydrogen (secondary N) is 1. The summed E-state index contributed by atoms with van der Waals surface area (Å²) in [5, 5.41) is 3.38. The van der Waals surface area contributed by atoms with Crippen LogP contribution >= 0.6 is 0 Å².